The van der Waals surface area contributed by atoms with E-state index in [4.69, 9.17) is 4.74 Å². The molecule has 0 fully saturated rings. The molecule has 31 heavy (non-hydrogen) atoms. The predicted molar refractivity (Wildman–Crippen MR) is 116 cm³/mol. The molecular formula is C23H25F3N4O. The minimum Gasteiger partial charge on any atom is -0.489 e. The maximum absolute atomic E-state index is 13.6. The third-order valence-corrected chi connectivity index (χ3v) is 4.76. The number of hydrogen-bond donors (Lipinski definition) is 2. The highest BCUT2D eigenvalue weighted by Gasteiger charge is 2.35. The molecule has 1 aromatic heterocycles. The number of aryl methyl sites for hydroxylation is 1. The van der Waals surface area contributed by atoms with Gasteiger partial charge in [-0.3, -0.25) is 0 Å². The van der Waals surface area contributed by atoms with Crippen molar-refractivity contribution in [3.05, 3.63) is 65.9 Å². The zero-order valence-corrected chi connectivity index (χ0v) is 17.6. The SMILES string of the molecule is CCc1ccc(Nc2ncc(C(F)(F)F)c(Nc3ccccc3OC(C)CC)n2)cc1. The van der Waals surface area contributed by atoms with Crippen LogP contribution in [0.1, 0.15) is 38.3 Å². The van der Waals surface area contributed by atoms with Gasteiger partial charge >= 0.3 is 6.18 Å². The normalized spacial score (nSPS) is 12.3. The zero-order valence-electron chi connectivity index (χ0n) is 17.6. The number of nitrogens with zero attached hydrogens (tertiary/aromatic N) is 2. The fourth-order valence-electron chi connectivity index (χ4n) is 2.80. The van der Waals surface area contributed by atoms with Gasteiger partial charge in [-0.05, 0) is 49.6 Å². The molecule has 1 unspecified atom stereocenters. The smallest absolute Gasteiger partial charge is 0.421 e. The van der Waals surface area contributed by atoms with Crippen molar-refractivity contribution in [2.45, 2.75) is 45.9 Å². The van der Waals surface area contributed by atoms with E-state index in [1.54, 1.807) is 24.3 Å². The molecule has 0 aliphatic rings. The molecule has 2 N–H and O–H groups in total. The number of nitrogens with one attached hydrogen (secondary N) is 2. The van der Waals surface area contributed by atoms with Gasteiger partial charge in [0.2, 0.25) is 5.95 Å². The minimum atomic E-state index is -4.61. The lowest BCUT2D eigenvalue weighted by molar-refractivity contribution is -0.137. The molecule has 1 atom stereocenters. The van der Waals surface area contributed by atoms with Crippen molar-refractivity contribution in [1.82, 2.24) is 9.97 Å². The molecule has 0 bridgehead atoms. The first kappa shape index (κ1) is 22.4. The predicted octanol–water partition coefficient (Wildman–Crippen LogP) is 6.72. The van der Waals surface area contributed by atoms with E-state index in [1.807, 2.05) is 45.0 Å². The summed E-state index contributed by atoms with van der Waals surface area (Å²) < 4.78 is 46.6. The summed E-state index contributed by atoms with van der Waals surface area (Å²) in [5.74, 6) is 0.156. The first-order valence-corrected chi connectivity index (χ1v) is 10.1. The standard InChI is InChI=1S/C23H25F3N4O/c1-4-15(3)31-20-9-7-6-8-19(20)29-21-18(23(24,25)26)14-27-22(30-21)28-17-12-10-16(5-2)11-13-17/h6-15H,4-5H2,1-3H3,(H2,27,28,29,30). The van der Waals surface area contributed by atoms with Crippen LogP contribution in [0.15, 0.2) is 54.7 Å². The summed E-state index contributed by atoms with van der Waals surface area (Å²) >= 11 is 0. The second kappa shape index (κ2) is 9.68. The Balaban J connectivity index is 1.93. The van der Waals surface area contributed by atoms with Gasteiger partial charge in [0.25, 0.3) is 0 Å². The van der Waals surface area contributed by atoms with Gasteiger partial charge in [-0.1, -0.05) is 38.1 Å². The van der Waals surface area contributed by atoms with Crippen LogP contribution in [0.2, 0.25) is 0 Å². The van der Waals surface area contributed by atoms with Gasteiger partial charge in [0.15, 0.2) is 0 Å². The number of anilines is 4. The molecule has 0 radical (unpaired) electrons. The molecule has 1 heterocycles. The summed E-state index contributed by atoms with van der Waals surface area (Å²) in [6, 6.07) is 14.4. The Labute approximate surface area is 179 Å². The van der Waals surface area contributed by atoms with Crippen LogP contribution in [-0.2, 0) is 12.6 Å². The van der Waals surface area contributed by atoms with Crippen LogP contribution in [0.25, 0.3) is 0 Å². The van der Waals surface area contributed by atoms with E-state index in [9.17, 15) is 13.2 Å². The molecule has 5 nitrogen and oxygen atoms in total. The molecule has 2 aromatic carbocycles. The Morgan fingerprint density at radius 3 is 2.35 bits per heavy atom. The maximum atomic E-state index is 13.6. The molecule has 0 amide bonds. The lowest BCUT2D eigenvalue weighted by Crippen LogP contribution is -2.14. The number of rotatable bonds is 8. The number of para-hydroxylation sites is 2. The van der Waals surface area contributed by atoms with Crippen molar-refractivity contribution in [2.75, 3.05) is 10.6 Å². The van der Waals surface area contributed by atoms with E-state index in [-0.39, 0.29) is 17.9 Å². The number of hydrogen-bond acceptors (Lipinski definition) is 5. The molecule has 3 aromatic rings. The van der Waals surface area contributed by atoms with Crippen molar-refractivity contribution in [1.29, 1.82) is 0 Å². The third-order valence-electron chi connectivity index (χ3n) is 4.76. The van der Waals surface area contributed by atoms with Crippen molar-refractivity contribution < 1.29 is 17.9 Å². The molecule has 0 aliphatic carbocycles. The molecule has 3 rings (SSSR count). The maximum Gasteiger partial charge on any atom is 0.421 e. The molecule has 0 spiro atoms. The van der Waals surface area contributed by atoms with Gasteiger partial charge in [0.1, 0.15) is 17.1 Å². The molecule has 164 valence electrons. The van der Waals surface area contributed by atoms with Gasteiger partial charge in [0, 0.05) is 11.9 Å². The zero-order chi connectivity index (χ0) is 22.4. The molecule has 0 saturated heterocycles. The molecule has 0 aliphatic heterocycles. The molecule has 8 heteroatoms. The number of aromatic nitrogens is 2. The Bertz CT molecular complexity index is 1010. The Hall–Kier alpha value is -3.29. The lowest BCUT2D eigenvalue weighted by Gasteiger charge is -2.19. The van der Waals surface area contributed by atoms with Crippen molar-refractivity contribution in [3.63, 3.8) is 0 Å². The van der Waals surface area contributed by atoms with Gasteiger partial charge in [-0.15, -0.1) is 0 Å². The second-order valence-corrected chi connectivity index (χ2v) is 7.09. The van der Waals surface area contributed by atoms with Gasteiger partial charge in [-0.25, -0.2) is 4.98 Å². The van der Waals surface area contributed by atoms with E-state index in [2.05, 4.69) is 20.6 Å². The number of benzene rings is 2. The van der Waals surface area contributed by atoms with E-state index in [0.717, 1.165) is 24.6 Å². The highest BCUT2D eigenvalue weighted by atomic mass is 19.4. The molecular weight excluding hydrogens is 405 g/mol. The van der Waals surface area contributed by atoms with Crippen LogP contribution in [0.5, 0.6) is 5.75 Å². The summed E-state index contributed by atoms with van der Waals surface area (Å²) in [5.41, 5.74) is 1.27. The van der Waals surface area contributed by atoms with E-state index >= 15 is 0 Å². The van der Waals surface area contributed by atoms with Crippen LogP contribution >= 0.6 is 0 Å². The monoisotopic (exact) mass is 430 g/mol. The van der Waals surface area contributed by atoms with Gasteiger partial charge in [-0.2, -0.15) is 18.2 Å². The summed E-state index contributed by atoms with van der Waals surface area (Å²) in [4.78, 5) is 7.96. The van der Waals surface area contributed by atoms with E-state index in [0.29, 0.717) is 17.1 Å². The Morgan fingerprint density at radius 2 is 1.71 bits per heavy atom. The van der Waals surface area contributed by atoms with Gasteiger partial charge < -0.3 is 15.4 Å². The van der Waals surface area contributed by atoms with Crippen molar-refractivity contribution in [2.24, 2.45) is 0 Å². The topological polar surface area (TPSA) is 59.1 Å². The fourth-order valence-corrected chi connectivity index (χ4v) is 2.80. The summed E-state index contributed by atoms with van der Waals surface area (Å²) in [6.07, 6.45) is -2.27. The largest absolute Gasteiger partial charge is 0.489 e. The Kier molecular flexibility index (Phi) is 6.99. The fraction of sp³-hybridized carbons (Fsp3) is 0.304. The lowest BCUT2D eigenvalue weighted by atomic mass is 10.1. The first-order chi connectivity index (χ1) is 14.8. The number of alkyl halides is 3. The van der Waals surface area contributed by atoms with Gasteiger partial charge in [0.05, 0.1) is 11.8 Å². The number of halogens is 3. The average molecular weight is 430 g/mol. The minimum absolute atomic E-state index is 0.0556. The van der Waals surface area contributed by atoms with E-state index in [1.165, 1.54) is 0 Å². The highest BCUT2D eigenvalue weighted by Crippen LogP contribution is 2.37. The van der Waals surface area contributed by atoms with Crippen LogP contribution < -0.4 is 15.4 Å². The van der Waals surface area contributed by atoms with Crippen molar-refractivity contribution in [3.8, 4) is 5.75 Å². The number of ether oxygens (including phenoxy) is 1. The summed E-state index contributed by atoms with van der Waals surface area (Å²) in [7, 11) is 0. The van der Waals surface area contributed by atoms with Crippen LogP contribution in [-0.4, -0.2) is 16.1 Å². The highest BCUT2D eigenvalue weighted by molar-refractivity contribution is 5.67. The van der Waals surface area contributed by atoms with Crippen molar-refractivity contribution >= 4 is 23.1 Å². The second-order valence-electron chi connectivity index (χ2n) is 7.09. The summed E-state index contributed by atoms with van der Waals surface area (Å²) in [6.45, 7) is 5.91. The quantitative estimate of drug-likeness (QED) is 0.415. The third kappa shape index (κ3) is 5.87. The van der Waals surface area contributed by atoms with Crippen LogP contribution in [0.3, 0.4) is 0 Å². The first-order valence-electron chi connectivity index (χ1n) is 10.1. The van der Waals surface area contributed by atoms with Crippen LogP contribution in [0.4, 0.5) is 36.3 Å². The average Bonchev–Trinajstić information content (AvgIpc) is 2.75. The van der Waals surface area contributed by atoms with Crippen LogP contribution in [0, 0.1) is 0 Å². The summed E-state index contributed by atoms with van der Waals surface area (Å²) in [5, 5.41) is 5.74. The molecule has 0 saturated carbocycles. The Morgan fingerprint density at radius 1 is 1.00 bits per heavy atom. The van der Waals surface area contributed by atoms with E-state index < -0.39 is 11.7 Å².